The normalized spacial score (nSPS) is 11.4. The van der Waals surface area contributed by atoms with Crippen molar-refractivity contribution in [3.8, 4) is 5.75 Å². The lowest BCUT2D eigenvalue weighted by Gasteiger charge is -2.15. The van der Waals surface area contributed by atoms with Crippen molar-refractivity contribution in [2.75, 3.05) is 6.61 Å². The van der Waals surface area contributed by atoms with Gasteiger partial charge in [0.25, 0.3) is 5.91 Å². The standard InChI is InChI=1S/C22H24ClFN2O3/c1-14-5-4-6-17(11-14)16(3)26-21(27)10-7-15(2)25-22(28)13-29-18-8-9-19(23)20(24)12-18/h4-6,8-9,11-12,16H,2,7,10,13H2,1,3H3,(H,25,28)(H,26,27)/t16-/m0/s1. The van der Waals surface area contributed by atoms with Gasteiger partial charge in [-0.3, -0.25) is 9.59 Å². The first kappa shape index (κ1) is 22.4. The molecule has 0 saturated carbocycles. The van der Waals surface area contributed by atoms with Crippen molar-refractivity contribution in [1.29, 1.82) is 0 Å². The molecule has 2 aromatic rings. The van der Waals surface area contributed by atoms with Crippen LogP contribution in [0, 0.1) is 12.7 Å². The highest BCUT2D eigenvalue weighted by molar-refractivity contribution is 6.30. The van der Waals surface area contributed by atoms with E-state index in [4.69, 9.17) is 16.3 Å². The largest absolute Gasteiger partial charge is 0.484 e. The highest BCUT2D eigenvalue weighted by Crippen LogP contribution is 2.20. The molecule has 0 aliphatic rings. The molecule has 0 bridgehead atoms. The zero-order valence-electron chi connectivity index (χ0n) is 16.4. The molecule has 2 rings (SSSR count). The van der Waals surface area contributed by atoms with Crippen LogP contribution in [0.15, 0.2) is 54.7 Å². The van der Waals surface area contributed by atoms with Crippen molar-refractivity contribution in [3.05, 3.63) is 76.7 Å². The third-order valence-electron chi connectivity index (χ3n) is 4.15. The fourth-order valence-corrected chi connectivity index (χ4v) is 2.73. The fraction of sp³-hybridized carbons (Fsp3) is 0.273. The first-order valence-electron chi connectivity index (χ1n) is 9.16. The van der Waals surface area contributed by atoms with Gasteiger partial charge in [0.15, 0.2) is 6.61 Å². The lowest BCUT2D eigenvalue weighted by molar-refractivity contribution is -0.123. The SMILES string of the molecule is C=C(CCC(=O)N[C@@H](C)c1cccc(C)c1)NC(=O)COc1ccc(Cl)c(F)c1. The Morgan fingerprint density at radius 3 is 2.62 bits per heavy atom. The Bertz CT molecular complexity index is 901. The van der Waals surface area contributed by atoms with Gasteiger partial charge in [-0.1, -0.05) is 48.0 Å². The Hall–Kier alpha value is -2.86. The van der Waals surface area contributed by atoms with Gasteiger partial charge in [-0.2, -0.15) is 0 Å². The lowest BCUT2D eigenvalue weighted by Crippen LogP contribution is -2.30. The van der Waals surface area contributed by atoms with Crippen LogP contribution in [-0.4, -0.2) is 18.4 Å². The molecule has 0 aliphatic heterocycles. The van der Waals surface area contributed by atoms with E-state index < -0.39 is 11.7 Å². The second kappa shape index (κ2) is 10.6. The Morgan fingerprint density at radius 1 is 1.17 bits per heavy atom. The predicted molar refractivity (Wildman–Crippen MR) is 111 cm³/mol. The fourth-order valence-electron chi connectivity index (χ4n) is 2.61. The van der Waals surface area contributed by atoms with E-state index in [2.05, 4.69) is 17.2 Å². The van der Waals surface area contributed by atoms with Crippen molar-refractivity contribution in [3.63, 3.8) is 0 Å². The molecule has 2 amide bonds. The smallest absolute Gasteiger partial charge is 0.262 e. The summed E-state index contributed by atoms with van der Waals surface area (Å²) < 4.78 is 18.6. The average molecular weight is 419 g/mol. The van der Waals surface area contributed by atoms with Crippen LogP contribution in [0.5, 0.6) is 5.75 Å². The molecule has 2 N–H and O–H groups in total. The zero-order valence-corrected chi connectivity index (χ0v) is 17.2. The number of benzene rings is 2. The minimum absolute atomic E-state index is 0.0230. The number of carbonyl (C=O) groups excluding carboxylic acids is 2. The predicted octanol–water partition coefficient (Wildman–Crippen LogP) is 4.45. The molecule has 0 saturated heterocycles. The lowest BCUT2D eigenvalue weighted by atomic mass is 10.1. The van der Waals surface area contributed by atoms with Gasteiger partial charge in [-0.25, -0.2) is 4.39 Å². The Balaban J connectivity index is 1.70. The van der Waals surface area contributed by atoms with Crippen molar-refractivity contribution in [2.45, 2.75) is 32.7 Å². The van der Waals surface area contributed by atoms with E-state index in [1.807, 2.05) is 38.1 Å². The number of allylic oxidation sites excluding steroid dienone is 1. The van der Waals surface area contributed by atoms with Gasteiger partial charge in [-0.05, 0) is 38.0 Å². The Kier molecular flexibility index (Phi) is 8.21. The number of ether oxygens (including phenoxy) is 1. The van der Waals surface area contributed by atoms with E-state index in [0.29, 0.717) is 12.1 Å². The molecule has 154 valence electrons. The van der Waals surface area contributed by atoms with Crippen LogP contribution in [-0.2, 0) is 9.59 Å². The zero-order chi connectivity index (χ0) is 21.4. The molecular weight excluding hydrogens is 395 g/mol. The molecule has 0 aromatic heterocycles. The summed E-state index contributed by atoms with van der Waals surface area (Å²) in [7, 11) is 0. The van der Waals surface area contributed by atoms with Gasteiger partial charge in [0.05, 0.1) is 11.1 Å². The molecule has 1 atom stereocenters. The van der Waals surface area contributed by atoms with Crippen molar-refractivity contribution < 1.29 is 18.7 Å². The molecule has 29 heavy (non-hydrogen) atoms. The molecule has 0 spiro atoms. The number of halogens is 2. The van der Waals surface area contributed by atoms with E-state index in [-0.39, 0.29) is 35.7 Å². The van der Waals surface area contributed by atoms with Crippen molar-refractivity contribution in [1.82, 2.24) is 10.6 Å². The minimum Gasteiger partial charge on any atom is -0.484 e. The number of carbonyl (C=O) groups is 2. The number of rotatable bonds is 9. The highest BCUT2D eigenvalue weighted by atomic mass is 35.5. The first-order valence-corrected chi connectivity index (χ1v) is 9.54. The number of amides is 2. The second-order valence-corrected chi connectivity index (χ2v) is 7.13. The van der Waals surface area contributed by atoms with Crippen LogP contribution in [0.2, 0.25) is 5.02 Å². The third kappa shape index (κ3) is 7.58. The average Bonchev–Trinajstić information content (AvgIpc) is 2.67. The summed E-state index contributed by atoms with van der Waals surface area (Å²) in [5, 5.41) is 5.47. The molecule has 5 nitrogen and oxygen atoms in total. The van der Waals surface area contributed by atoms with Gasteiger partial charge < -0.3 is 15.4 Å². The Labute approximate surface area is 174 Å². The number of aryl methyl sites for hydroxylation is 1. The summed E-state index contributed by atoms with van der Waals surface area (Å²) in [5.74, 6) is -1.02. The number of nitrogens with one attached hydrogen (secondary N) is 2. The first-order chi connectivity index (χ1) is 13.7. The van der Waals surface area contributed by atoms with E-state index in [0.717, 1.165) is 17.2 Å². The topological polar surface area (TPSA) is 67.4 Å². The van der Waals surface area contributed by atoms with E-state index in [1.54, 1.807) is 0 Å². The molecule has 0 aliphatic carbocycles. The minimum atomic E-state index is -0.625. The van der Waals surface area contributed by atoms with Crippen LogP contribution in [0.4, 0.5) is 4.39 Å². The van der Waals surface area contributed by atoms with Crippen molar-refractivity contribution >= 4 is 23.4 Å². The molecule has 7 heteroatoms. The Morgan fingerprint density at radius 2 is 1.93 bits per heavy atom. The molecule has 0 radical (unpaired) electrons. The maximum Gasteiger partial charge on any atom is 0.262 e. The monoisotopic (exact) mass is 418 g/mol. The highest BCUT2D eigenvalue weighted by Gasteiger charge is 2.11. The summed E-state index contributed by atoms with van der Waals surface area (Å²) in [5.41, 5.74) is 2.56. The van der Waals surface area contributed by atoms with E-state index in [9.17, 15) is 14.0 Å². The second-order valence-electron chi connectivity index (χ2n) is 6.72. The van der Waals surface area contributed by atoms with Crippen LogP contribution < -0.4 is 15.4 Å². The van der Waals surface area contributed by atoms with Gasteiger partial charge in [-0.15, -0.1) is 0 Å². The molecule has 2 aromatic carbocycles. The summed E-state index contributed by atoms with van der Waals surface area (Å²) >= 11 is 5.59. The quantitative estimate of drug-likeness (QED) is 0.632. The third-order valence-corrected chi connectivity index (χ3v) is 4.46. The van der Waals surface area contributed by atoms with Crippen LogP contribution in [0.1, 0.15) is 36.9 Å². The summed E-state index contributed by atoms with van der Waals surface area (Å²) in [6, 6.07) is 11.7. The van der Waals surface area contributed by atoms with Gasteiger partial charge in [0, 0.05) is 18.2 Å². The van der Waals surface area contributed by atoms with Crippen LogP contribution >= 0.6 is 11.6 Å². The summed E-state index contributed by atoms with van der Waals surface area (Å²) in [4.78, 5) is 24.0. The van der Waals surface area contributed by atoms with Crippen LogP contribution in [0.25, 0.3) is 0 Å². The molecule has 0 heterocycles. The summed E-state index contributed by atoms with van der Waals surface area (Å²) in [6.45, 7) is 7.36. The maximum absolute atomic E-state index is 13.3. The van der Waals surface area contributed by atoms with E-state index >= 15 is 0 Å². The summed E-state index contributed by atoms with van der Waals surface area (Å²) in [6.07, 6.45) is 0.492. The van der Waals surface area contributed by atoms with Gasteiger partial charge >= 0.3 is 0 Å². The molecular formula is C22H24ClFN2O3. The van der Waals surface area contributed by atoms with Crippen molar-refractivity contribution in [2.24, 2.45) is 0 Å². The number of hydrogen-bond acceptors (Lipinski definition) is 3. The van der Waals surface area contributed by atoms with Gasteiger partial charge in [0.2, 0.25) is 5.91 Å². The van der Waals surface area contributed by atoms with Crippen LogP contribution in [0.3, 0.4) is 0 Å². The molecule has 0 fully saturated rings. The number of hydrogen-bond donors (Lipinski definition) is 2. The van der Waals surface area contributed by atoms with E-state index in [1.165, 1.54) is 12.1 Å². The van der Waals surface area contributed by atoms with Gasteiger partial charge in [0.1, 0.15) is 11.6 Å². The molecule has 0 unspecified atom stereocenters. The maximum atomic E-state index is 13.3.